The third-order valence-corrected chi connectivity index (χ3v) is 5.93. The van der Waals surface area contributed by atoms with E-state index < -0.39 is 7.14 Å². The molecule has 0 saturated carbocycles. The van der Waals surface area contributed by atoms with Gasteiger partial charge < -0.3 is 14.6 Å². The lowest BCUT2D eigenvalue weighted by Gasteiger charge is -2.37. The minimum atomic E-state index is -2.24. The van der Waals surface area contributed by atoms with Crippen LogP contribution in [-0.2, 0) is 9.30 Å². The van der Waals surface area contributed by atoms with E-state index in [-0.39, 0.29) is 6.10 Å². The number of rotatable bonds is 6. The van der Waals surface area contributed by atoms with Crippen LogP contribution in [0.5, 0.6) is 0 Å². The molecule has 0 spiro atoms. The molecule has 0 bridgehead atoms. The van der Waals surface area contributed by atoms with Crippen molar-refractivity contribution in [3.05, 3.63) is 23.8 Å². The average Bonchev–Trinajstić information content (AvgIpc) is 2.35. The van der Waals surface area contributed by atoms with E-state index in [1.807, 2.05) is 13.3 Å². The maximum Gasteiger partial charge on any atom is 0.107 e. The zero-order valence-corrected chi connectivity index (χ0v) is 13.8. The summed E-state index contributed by atoms with van der Waals surface area (Å²) in [5.41, 5.74) is 1.11. The molecule has 110 valence electrons. The Bertz CT molecular complexity index is 397. The summed E-state index contributed by atoms with van der Waals surface area (Å²) in [7, 11) is -0.476. The van der Waals surface area contributed by atoms with E-state index in [1.165, 1.54) is 0 Å². The van der Waals surface area contributed by atoms with Crippen LogP contribution >= 0.6 is 7.14 Å². The molecule has 0 aliphatic heterocycles. The van der Waals surface area contributed by atoms with Gasteiger partial charge in [0.2, 0.25) is 0 Å². The maximum absolute atomic E-state index is 12.6. The Kier molecular flexibility index (Phi) is 5.88. The van der Waals surface area contributed by atoms with Gasteiger partial charge in [0.15, 0.2) is 0 Å². The average molecular weight is 285 g/mol. The van der Waals surface area contributed by atoms with Crippen molar-refractivity contribution in [2.45, 2.75) is 39.2 Å². The summed E-state index contributed by atoms with van der Waals surface area (Å²) in [5.74, 6) is 0.868. The molecule has 1 unspecified atom stereocenters. The summed E-state index contributed by atoms with van der Waals surface area (Å²) < 4.78 is 18.1. The van der Waals surface area contributed by atoms with Crippen LogP contribution < -0.4 is 5.32 Å². The van der Waals surface area contributed by atoms with Crippen molar-refractivity contribution >= 4 is 7.14 Å². The van der Waals surface area contributed by atoms with Gasteiger partial charge in [0, 0.05) is 18.1 Å². The van der Waals surface area contributed by atoms with Gasteiger partial charge in [0.05, 0.1) is 6.10 Å². The number of hydrogen-bond acceptors (Lipinski definition) is 3. The lowest BCUT2D eigenvalue weighted by Crippen LogP contribution is -2.30. The molecule has 3 nitrogen and oxygen atoms in total. The Morgan fingerprint density at radius 2 is 2.21 bits per heavy atom. The smallest absolute Gasteiger partial charge is 0.107 e. The quantitative estimate of drug-likeness (QED) is 0.749. The Balaban J connectivity index is 3.17. The molecule has 0 saturated heterocycles. The van der Waals surface area contributed by atoms with Gasteiger partial charge in [-0.1, -0.05) is 13.5 Å². The third-order valence-electron chi connectivity index (χ3n) is 4.13. The molecule has 0 aromatic rings. The number of hydrogen-bond donors (Lipinski definition) is 1. The van der Waals surface area contributed by atoms with Crippen molar-refractivity contribution in [3.8, 4) is 0 Å². The minimum absolute atomic E-state index is 0.227. The van der Waals surface area contributed by atoms with Gasteiger partial charge in [-0.15, -0.1) is 0 Å². The molecule has 0 fully saturated rings. The Morgan fingerprint density at radius 3 is 2.63 bits per heavy atom. The first-order valence-electron chi connectivity index (χ1n) is 7.03. The van der Waals surface area contributed by atoms with Gasteiger partial charge in [-0.05, 0) is 57.6 Å². The molecule has 1 aliphatic carbocycles. The van der Waals surface area contributed by atoms with Gasteiger partial charge in [-0.25, -0.2) is 0 Å². The zero-order chi connectivity index (χ0) is 14.6. The van der Waals surface area contributed by atoms with Gasteiger partial charge in [0.1, 0.15) is 7.14 Å². The minimum Gasteiger partial charge on any atom is -0.381 e. The molecule has 0 aromatic heterocycles. The van der Waals surface area contributed by atoms with Gasteiger partial charge in [0.25, 0.3) is 0 Å². The third kappa shape index (κ3) is 3.97. The lowest BCUT2D eigenvalue weighted by molar-refractivity contribution is 0.0542. The van der Waals surface area contributed by atoms with Crippen LogP contribution in [-0.4, -0.2) is 26.5 Å². The van der Waals surface area contributed by atoms with Crippen molar-refractivity contribution in [1.82, 2.24) is 5.32 Å². The normalized spacial score (nSPS) is 26.2. The topological polar surface area (TPSA) is 38.3 Å². The largest absolute Gasteiger partial charge is 0.381 e. The second-order valence-electron chi connectivity index (χ2n) is 5.81. The summed E-state index contributed by atoms with van der Waals surface area (Å²) in [6.45, 7) is 11.8. The van der Waals surface area contributed by atoms with Crippen LogP contribution in [0.4, 0.5) is 0 Å². The zero-order valence-electron chi connectivity index (χ0n) is 12.9. The predicted molar refractivity (Wildman–Crippen MR) is 82.8 cm³/mol. The Morgan fingerprint density at radius 1 is 1.58 bits per heavy atom. The molecular weight excluding hydrogens is 257 g/mol. The monoisotopic (exact) mass is 285 g/mol. The van der Waals surface area contributed by atoms with Crippen LogP contribution in [0.15, 0.2) is 23.8 Å². The van der Waals surface area contributed by atoms with E-state index in [2.05, 4.69) is 25.7 Å². The summed E-state index contributed by atoms with van der Waals surface area (Å²) in [6, 6.07) is 0. The van der Waals surface area contributed by atoms with E-state index in [4.69, 9.17) is 4.74 Å². The van der Waals surface area contributed by atoms with E-state index >= 15 is 0 Å². The summed E-state index contributed by atoms with van der Waals surface area (Å²) >= 11 is 0. The molecular formula is C15H28NO2P. The highest BCUT2D eigenvalue weighted by Gasteiger charge is 2.35. The van der Waals surface area contributed by atoms with E-state index in [0.29, 0.717) is 11.8 Å². The fourth-order valence-corrected chi connectivity index (χ4v) is 5.08. The van der Waals surface area contributed by atoms with Crippen LogP contribution in [0.25, 0.3) is 0 Å². The van der Waals surface area contributed by atoms with Crippen molar-refractivity contribution in [3.63, 3.8) is 0 Å². The van der Waals surface area contributed by atoms with Crippen molar-refractivity contribution < 1.29 is 9.30 Å². The molecule has 1 rings (SSSR count). The summed E-state index contributed by atoms with van der Waals surface area (Å²) in [5, 5.41) is 4.36. The summed E-state index contributed by atoms with van der Waals surface area (Å²) in [4.78, 5) is 0. The van der Waals surface area contributed by atoms with E-state index in [9.17, 15) is 4.57 Å². The van der Waals surface area contributed by atoms with Gasteiger partial charge in [-0.3, -0.25) is 0 Å². The molecule has 3 atom stereocenters. The summed E-state index contributed by atoms with van der Waals surface area (Å²) in [6.07, 6.45) is 4.91. The van der Waals surface area contributed by atoms with Crippen LogP contribution in [0.1, 0.15) is 33.1 Å². The molecule has 0 amide bonds. The fraction of sp³-hybridized carbons (Fsp3) is 0.733. The lowest BCUT2D eigenvalue weighted by atomic mass is 9.80. The second kappa shape index (κ2) is 6.76. The molecule has 19 heavy (non-hydrogen) atoms. The Labute approximate surface area is 117 Å². The molecule has 1 aliphatic rings. The number of nitrogens with one attached hydrogen (secondary N) is 1. The van der Waals surface area contributed by atoms with Crippen LogP contribution in [0.2, 0.25) is 0 Å². The maximum atomic E-state index is 12.6. The predicted octanol–water partition coefficient (Wildman–Crippen LogP) is 4.02. The highest BCUT2D eigenvalue weighted by atomic mass is 31.2. The van der Waals surface area contributed by atoms with Crippen molar-refractivity contribution in [2.75, 3.05) is 20.4 Å². The van der Waals surface area contributed by atoms with Gasteiger partial charge >= 0.3 is 0 Å². The molecule has 0 aromatic carbocycles. The van der Waals surface area contributed by atoms with Crippen LogP contribution in [0.3, 0.4) is 0 Å². The molecule has 0 radical (unpaired) electrons. The van der Waals surface area contributed by atoms with Crippen LogP contribution in [0, 0.1) is 11.8 Å². The van der Waals surface area contributed by atoms with E-state index in [1.54, 1.807) is 13.3 Å². The van der Waals surface area contributed by atoms with Crippen molar-refractivity contribution in [1.29, 1.82) is 0 Å². The molecule has 1 N–H and O–H groups in total. The highest BCUT2D eigenvalue weighted by molar-refractivity contribution is 7.66. The standard InChI is InChI=1S/C15H28NO2P/c1-7-12-9-13(11(3)18-4)10-14(16-8-2)15(12)19(5,6)17/h8,11-13,16H,2,7,9-10H2,1,3-6H3/t11-,12?,13-/m0/s1. The SMILES string of the molecule is C=CNC1=C(P(C)(C)=O)C(CC)C[C@H]([C@H](C)OC)C1. The number of methoxy groups -OCH3 is 1. The van der Waals surface area contributed by atoms with Gasteiger partial charge in [-0.2, -0.15) is 0 Å². The first-order valence-corrected chi connectivity index (χ1v) is 9.64. The number of ether oxygens (including phenoxy) is 1. The molecule has 0 heterocycles. The van der Waals surface area contributed by atoms with Crippen molar-refractivity contribution in [2.24, 2.45) is 11.8 Å². The second-order valence-corrected chi connectivity index (χ2v) is 8.99. The first-order chi connectivity index (χ1) is 8.85. The number of allylic oxidation sites excluding steroid dienone is 2. The Hall–Kier alpha value is -0.530. The van der Waals surface area contributed by atoms with E-state index in [0.717, 1.165) is 30.3 Å². The molecule has 4 heteroatoms. The first kappa shape index (κ1) is 16.5. The fourth-order valence-electron chi connectivity index (χ4n) is 3.10. The highest BCUT2D eigenvalue weighted by Crippen LogP contribution is 2.56.